The number of hydrogen-bond donors (Lipinski definition) is 1. The van der Waals surface area contributed by atoms with Crippen LogP contribution in [-0.4, -0.2) is 6.54 Å². The van der Waals surface area contributed by atoms with E-state index in [2.05, 4.69) is 43.4 Å². The highest BCUT2D eigenvalue weighted by Crippen LogP contribution is 2.27. The molecule has 0 aliphatic carbocycles. The summed E-state index contributed by atoms with van der Waals surface area (Å²) in [5, 5.41) is 8.01. The molecule has 0 spiro atoms. The summed E-state index contributed by atoms with van der Waals surface area (Å²) in [6.07, 6.45) is 2.13. The monoisotopic (exact) mass is 223 g/mol. The van der Waals surface area contributed by atoms with E-state index >= 15 is 0 Å². The van der Waals surface area contributed by atoms with Crippen molar-refractivity contribution in [2.45, 2.75) is 39.7 Å². The lowest BCUT2D eigenvalue weighted by Crippen LogP contribution is -2.21. The van der Waals surface area contributed by atoms with Crippen LogP contribution in [0.2, 0.25) is 0 Å². The normalized spacial score (nSPS) is 12.7. The quantitative estimate of drug-likeness (QED) is 0.717. The van der Waals surface area contributed by atoms with E-state index in [1.807, 2.05) is 0 Å². The van der Waals surface area contributed by atoms with Crippen LogP contribution in [0.1, 0.15) is 43.9 Å². The fraction of sp³-hybridized carbons (Fsp3) is 0.538. The predicted molar refractivity (Wildman–Crippen MR) is 69.5 cm³/mol. The van der Waals surface area contributed by atoms with Crippen molar-refractivity contribution in [3.8, 4) is 0 Å². The van der Waals surface area contributed by atoms with Gasteiger partial charge >= 0.3 is 0 Å². The van der Waals surface area contributed by atoms with Gasteiger partial charge in [0.25, 0.3) is 0 Å². The Morgan fingerprint density at radius 1 is 1.47 bits per heavy atom. The van der Waals surface area contributed by atoms with E-state index in [1.165, 1.54) is 16.7 Å². The minimum Gasteiger partial charge on any atom is -0.310 e. The molecule has 0 saturated carbocycles. The molecule has 0 bridgehead atoms. The van der Waals surface area contributed by atoms with Gasteiger partial charge in [-0.05, 0) is 48.2 Å². The van der Waals surface area contributed by atoms with E-state index in [-0.39, 0.29) is 0 Å². The zero-order valence-corrected chi connectivity index (χ0v) is 10.8. The van der Waals surface area contributed by atoms with Gasteiger partial charge < -0.3 is 5.32 Å². The van der Waals surface area contributed by atoms with Gasteiger partial charge in [-0.2, -0.15) is 11.3 Å². The first kappa shape index (κ1) is 12.5. The molecule has 0 aliphatic heterocycles. The second-order valence-corrected chi connectivity index (χ2v) is 4.67. The smallest absolute Gasteiger partial charge is 0.0368 e. The summed E-state index contributed by atoms with van der Waals surface area (Å²) in [5.74, 6) is 0. The fourth-order valence-corrected chi connectivity index (χ4v) is 2.60. The molecule has 1 unspecified atom stereocenters. The van der Waals surface area contributed by atoms with Crippen LogP contribution in [0.15, 0.2) is 22.9 Å². The molecular weight excluding hydrogens is 202 g/mol. The van der Waals surface area contributed by atoms with Crippen LogP contribution < -0.4 is 5.32 Å². The summed E-state index contributed by atoms with van der Waals surface area (Å²) in [7, 11) is 0. The van der Waals surface area contributed by atoms with E-state index in [4.69, 9.17) is 0 Å². The molecule has 0 amide bonds. The van der Waals surface area contributed by atoms with Gasteiger partial charge in [0.15, 0.2) is 0 Å². The van der Waals surface area contributed by atoms with E-state index in [0.29, 0.717) is 6.04 Å². The second-order valence-electron chi connectivity index (χ2n) is 3.93. The van der Waals surface area contributed by atoms with E-state index in [0.717, 1.165) is 19.4 Å². The molecule has 1 nitrogen and oxygen atoms in total. The standard InChI is InChI=1S/C13H21NS/c1-5-10(3)7-13(14-6-2)12-9-15-8-11(12)4/h8-9,13-14H,3,5-7H2,1-2,4H3. The van der Waals surface area contributed by atoms with Crippen molar-refractivity contribution in [2.75, 3.05) is 6.54 Å². The predicted octanol–water partition coefficient (Wildman–Crippen LogP) is 4.06. The van der Waals surface area contributed by atoms with Gasteiger partial charge in [-0.1, -0.05) is 26.0 Å². The first-order valence-corrected chi connectivity index (χ1v) is 6.56. The van der Waals surface area contributed by atoms with Crippen molar-refractivity contribution >= 4 is 11.3 Å². The zero-order valence-electron chi connectivity index (χ0n) is 9.97. The lowest BCUT2D eigenvalue weighted by Gasteiger charge is -2.19. The Morgan fingerprint density at radius 2 is 2.20 bits per heavy atom. The van der Waals surface area contributed by atoms with Gasteiger partial charge in [0.05, 0.1) is 0 Å². The van der Waals surface area contributed by atoms with E-state index < -0.39 is 0 Å². The third-order valence-electron chi connectivity index (χ3n) is 2.71. The van der Waals surface area contributed by atoms with Crippen molar-refractivity contribution in [1.82, 2.24) is 5.32 Å². The lowest BCUT2D eigenvalue weighted by atomic mass is 9.98. The molecule has 1 aromatic heterocycles. The number of rotatable bonds is 6. The molecule has 0 fully saturated rings. The van der Waals surface area contributed by atoms with Crippen LogP contribution in [0.25, 0.3) is 0 Å². The summed E-state index contributed by atoms with van der Waals surface area (Å²) in [6, 6.07) is 0.452. The molecule has 0 aromatic carbocycles. The zero-order chi connectivity index (χ0) is 11.3. The van der Waals surface area contributed by atoms with Crippen LogP contribution in [0, 0.1) is 6.92 Å². The Bertz CT molecular complexity index is 314. The molecule has 2 heteroatoms. The second kappa shape index (κ2) is 6.09. The SMILES string of the molecule is C=C(CC)CC(NCC)c1cscc1C. The highest BCUT2D eigenvalue weighted by Gasteiger charge is 2.13. The Hall–Kier alpha value is -0.600. The van der Waals surface area contributed by atoms with Gasteiger partial charge in [-0.15, -0.1) is 0 Å². The molecule has 0 saturated heterocycles. The maximum Gasteiger partial charge on any atom is 0.0368 e. The first-order valence-electron chi connectivity index (χ1n) is 5.61. The lowest BCUT2D eigenvalue weighted by molar-refractivity contribution is 0.542. The Balaban J connectivity index is 2.74. The number of thiophene rings is 1. The third-order valence-corrected chi connectivity index (χ3v) is 3.59. The summed E-state index contributed by atoms with van der Waals surface area (Å²) < 4.78 is 0. The molecule has 0 radical (unpaired) electrons. The summed E-state index contributed by atoms with van der Waals surface area (Å²) >= 11 is 1.79. The molecule has 0 aliphatic rings. The highest BCUT2D eigenvalue weighted by molar-refractivity contribution is 7.08. The molecule has 15 heavy (non-hydrogen) atoms. The Kier molecular flexibility index (Phi) is 5.06. The number of hydrogen-bond acceptors (Lipinski definition) is 2. The van der Waals surface area contributed by atoms with Gasteiger partial charge in [0, 0.05) is 6.04 Å². The Morgan fingerprint density at radius 3 is 2.67 bits per heavy atom. The van der Waals surface area contributed by atoms with Crippen LogP contribution in [0.3, 0.4) is 0 Å². The third kappa shape index (κ3) is 3.47. The Labute approximate surface area is 97.2 Å². The molecule has 1 atom stereocenters. The number of nitrogens with one attached hydrogen (secondary N) is 1. The van der Waals surface area contributed by atoms with Crippen molar-refractivity contribution in [3.05, 3.63) is 34.0 Å². The number of aryl methyl sites for hydroxylation is 1. The molecule has 1 aromatic rings. The van der Waals surface area contributed by atoms with E-state index in [9.17, 15) is 0 Å². The van der Waals surface area contributed by atoms with Crippen molar-refractivity contribution in [1.29, 1.82) is 0 Å². The molecule has 1 heterocycles. The average molecular weight is 223 g/mol. The maximum absolute atomic E-state index is 4.10. The summed E-state index contributed by atoms with van der Waals surface area (Å²) in [4.78, 5) is 0. The highest BCUT2D eigenvalue weighted by atomic mass is 32.1. The fourth-order valence-electron chi connectivity index (χ4n) is 1.70. The van der Waals surface area contributed by atoms with Crippen LogP contribution in [-0.2, 0) is 0 Å². The minimum absolute atomic E-state index is 0.452. The van der Waals surface area contributed by atoms with Crippen molar-refractivity contribution < 1.29 is 0 Å². The van der Waals surface area contributed by atoms with Crippen LogP contribution in [0.5, 0.6) is 0 Å². The molecule has 1 N–H and O–H groups in total. The van der Waals surface area contributed by atoms with Crippen molar-refractivity contribution in [3.63, 3.8) is 0 Å². The minimum atomic E-state index is 0.452. The van der Waals surface area contributed by atoms with Crippen LogP contribution >= 0.6 is 11.3 Å². The van der Waals surface area contributed by atoms with Gasteiger partial charge in [0.1, 0.15) is 0 Å². The summed E-state index contributed by atoms with van der Waals surface area (Å²) in [6.45, 7) is 11.6. The van der Waals surface area contributed by atoms with Gasteiger partial charge in [0.2, 0.25) is 0 Å². The van der Waals surface area contributed by atoms with E-state index in [1.54, 1.807) is 11.3 Å². The van der Waals surface area contributed by atoms with Crippen molar-refractivity contribution in [2.24, 2.45) is 0 Å². The maximum atomic E-state index is 4.10. The largest absolute Gasteiger partial charge is 0.310 e. The molecular formula is C13H21NS. The van der Waals surface area contributed by atoms with Gasteiger partial charge in [-0.3, -0.25) is 0 Å². The van der Waals surface area contributed by atoms with Crippen LogP contribution in [0.4, 0.5) is 0 Å². The first-order chi connectivity index (χ1) is 7.19. The molecule has 84 valence electrons. The molecule has 1 rings (SSSR count). The van der Waals surface area contributed by atoms with Gasteiger partial charge in [-0.25, -0.2) is 0 Å². The average Bonchev–Trinajstić information content (AvgIpc) is 2.63. The summed E-state index contributed by atoms with van der Waals surface area (Å²) in [5.41, 5.74) is 4.16. The topological polar surface area (TPSA) is 12.0 Å².